The van der Waals surface area contributed by atoms with E-state index < -0.39 is 96.5 Å². The SMILES string of the molecule is Nc1nc(=O)n([C@H]2CC(O)[C@@H](COP(=O)([O-])OP(=O)([O-])OP(=O)([O-])O)O2)cc1C#CCNC(=O)COCCNC(=O)COCCN1C=C(CN(CCC(=O)NCCN(CCC(=O)[O-])CCC(=O)[OH2+])CCC(=O)NCCN(CCC(=O)[O-])CCC(=O)[OH2+])NN1. The summed E-state index contributed by atoms with van der Waals surface area (Å²) in [4.78, 5) is 159. The van der Waals surface area contributed by atoms with Gasteiger partial charge in [-0.2, -0.15) is 4.98 Å². The maximum absolute atomic E-state index is 12.9. The third kappa shape index (κ3) is 33.7. The lowest BCUT2D eigenvalue weighted by Crippen LogP contribution is -2.42. The quantitative estimate of drug-likeness (QED) is 0.0127. The molecule has 2 aliphatic heterocycles. The molecule has 0 radical (unpaired) electrons. The minimum absolute atomic E-state index is 0.00764. The third-order valence-corrected chi connectivity index (χ3v) is 15.5. The summed E-state index contributed by atoms with van der Waals surface area (Å²) in [5.74, 6) is -1.21. The highest BCUT2D eigenvalue weighted by Gasteiger charge is 2.37. The predicted molar refractivity (Wildman–Crippen MR) is 286 cm³/mol. The first-order valence-electron chi connectivity index (χ1n) is 26.6. The maximum atomic E-state index is 12.9. The highest BCUT2D eigenvalue weighted by atomic mass is 31.3. The molecule has 1 aromatic rings. The van der Waals surface area contributed by atoms with Crippen molar-refractivity contribution in [3.63, 3.8) is 0 Å². The van der Waals surface area contributed by atoms with E-state index in [-0.39, 0.29) is 180 Å². The number of nitrogen functional groups attached to an aromatic ring is 1. The molecule has 4 unspecified atom stereocenters. The zero-order chi connectivity index (χ0) is 65.5. The molecule has 88 heavy (non-hydrogen) atoms. The van der Waals surface area contributed by atoms with Crippen LogP contribution >= 0.6 is 23.5 Å². The number of hydrazine groups is 2. The van der Waals surface area contributed by atoms with Crippen LogP contribution in [0.3, 0.4) is 0 Å². The fourth-order valence-corrected chi connectivity index (χ4v) is 10.5. The van der Waals surface area contributed by atoms with Crippen molar-refractivity contribution in [2.24, 2.45) is 0 Å². The van der Waals surface area contributed by atoms with E-state index in [0.29, 0.717) is 5.70 Å². The van der Waals surface area contributed by atoms with Crippen LogP contribution in [0, 0.1) is 11.8 Å². The Kier molecular flexibility index (Phi) is 33.3. The number of phosphoric ester groups is 1. The second kappa shape index (κ2) is 38.8. The number of nitrogens with one attached hydrogen (secondary N) is 6. The number of anilines is 1. The van der Waals surface area contributed by atoms with E-state index in [1.165, 1.54) is 0 Å². The Labute approximate surface area is 501 Å². The summed E-state index contributed by atoms with van der Waals surface area (Å²) in [5.41, 5.74) is 11.3. The molecule has 3 rings (SSSR count). The van der Waals surface area contributed by atoms with Crippen LogP contribution in [0.25, 0.3) is 0 Å². The molecule has 1 fully saturated rings. The molecule has 40 nitrogen and oxygen atoms in total. The van der Waals surface area contributed by atoms with Crippen LogP contribution in [0.4, 0.5) is 5.82 Å². The monoisotopic (exact) mass is 1320 g/mol. The number of rotatable bonds is 45. The van der Waals surface area contributed by atoms with Gasteiger partial charge in [0.05, 0.1) is 50.3 Å². The molecule has 0 spiro atoms. The number of carbonyl (C=O) groups excluding carboxylic acids is 8. The van der Waals surface area contributed by atoms with Crippen molar-refractivity contribution in [3.05, 3.63) is 34.1 Å². The van der Waals surface area contributed by atoms with Gasteiger partial charge in [0, 0.05) is 132 Å². The number of amides is 4. The fraction of sp³-hybridized carbons (Fsp3) is 0.644. The molecule has 3 heterocycles. The molecule has 1 saturated heterocycles. The normalized spacial score (nSPS) is 17.6. The lowest BCUT2D eigenvalue weighted by molar-refractivity contribution is -0.307. The number of hydrogen-bond donors (Lipinski definition) is 9. The molecule has 0 aromatic carbocycles. The smallest absolute Gasteiger partial charge is 0.517 e. The standard InChI is InChI=1S/C45H74N13O27P3/c46-44-31(25-58(45(72)51-44)39-24-33(59)34(83-39)28-82-87(76,77)85-88(78,79)84-86(73,74)75)2-1-9-47-37(62)29-80-22-12-50-38(63)30-81-23-21-57-27-32(52-53-57)26-56(13-3-35(60)48-10-19-54(15-5-40(64)65)16-6-41(66)67)14-4-36(61)49-11-20-55(17-7-42(68)69)18-8-43(70)71/h25,27,33-34,39,52-53,59H,3-24,26,28-30H2,(H,47,62)(H,48,60)(H,49,61)(H,50,63)(H,64,65)(H,66,67)(H,68,69)(H,70,71)(H,76,77)(H,78,79)(H2,46,51,72)(H2,73,74,75)/p-3/t33?,34-,39-/m1/s1. The number of phosphoric acid groups is 3. The van der Waals surface area contributed by atoms with Gasteiger partial charge in [0.25, 0.3) is 23.5 Å². The van der Waals surface area contributed by atoms with Crippen LogP contribution < -0.4 is 68.5 Å². The number of carboxylic acid groups (broad SMARTS) is 2. The van der Waals surface area contributed by atoms with Crippen LogP contribution in [0.5, 0.6) is 0 Å². The largest absolute Gasteiger partial charge is 0.756 e. The molecule has 14 N–H and O–H groups in total. The Hall–Kier alpha value is -6.57. The number of aliphatic hydroxyl groups excluding tert-OH is 1. The van der Waals surface area contributed by atoms with E-state index in [1.54, 1.807) is 21.0 Å². The Morgan fingerprint density at radius 3 is 1.84 bits per heavy atom. The van der Waals surface area contributed by atoms with E-state index in [0.717, 1.165) is 10.8 Å². The van der Waals surface area contributed by atoms with Gasteiger partial charge in [0.2, 0.25) is 23.6 Å². The summed E-state index contributed by atoms with van der Waals surface area (Å²) in [6, 6.07) is 0. The molecular weight excluding hydrogens is 1250 g/mol. The van der Waals surface area contributed by atoms with Gasteiger partial charge in [-0.25, -0.2) is 13.4 Å². The molecule has 2 aliphatic rings. The van der Waals surface area contributed by atoms with Crippen molar-refractivity contribution >= 4 is 76.8 Å². The van der Waals surface area contributed by atoms with Crippen molar-refractivity contribution in [1.82, 2.24) is 61.5 Å². The molecular formula is C45H71N13O27P3-3. The van der Waals surface area contributed by atoms with Crippen LogP contribution in [-0.4, -0.2) is 234 Å². The van der Waals surface area contributed by atoms with E-state index in [9.17, 15) is 86.8 Å². The van der Waals surface area contributed by atoms with Gasteiger partial charge >= 0.3 is 17.6 Å². The minimum atomic E-state index is -6.19. The lowest BCUT2D eigenvalue weighted by atomic mass is 10.2. The highest BCUT2D eigenvalue weighted by molar-refractivity contribution is 7.65. The van der Waals surface area contributed by atoms with Gasteiger partial charge in [-0.3, -0.25) is 47.3 Å². The predicted octanol–water partition coefficient (Wildman–Crippen LogP) is -11.8. The third-order valence-electron chi connectivity index (χ3n) is 11.9. The number of nitrogens with zero attached hydrogens (tertiary/aromatic N) is 6. The van der Waals surface area contributed by atoms with Gasteiger partial charge in [-0.05, 0) is 12.8 Å². The lowest BCUT2D eigenvalue weighted by Gasteiger charge is -2.33. The topological polar surface area (TPSA) is 591 Å². The van der Waals surface area contributed by atoms with Crippen molar-refractivity contribution in [2.75, 3.05) is 130 Å². The van der Waals surface area contributed by atoms with E-state index in [1.807, 2.05) is 4.90 Å². The van der Waals surface area contributed by atoms with Gasteiger partial charge in [0.1, 0.15) is 44.2 Å². The zero-order valence-electron chi connectivity index (χ0n) is 47.2. The van der Waals surface area contributed by atoms with E-state index >= 15 is 0 Å². The van der Waals surface area contributed by atoms with Crippen molar-refractivity contribution in [1.29, 1.82) is 0 Å². The van der Waals surface area contributed by atoms with Crippen LogP contribution in [0.15, 0.2) is 22.9 Å². The van der Waals surface area contributed by atoms with Gasteiger partial charge in [-0.1, -0.05) is 11.8 Å². The van der Waals surface area contributed by atoms with Gasteiger partial charge in [0.15, 0.2) is 0 Å². The van der Waals surface area contributed by atoms with Crippen molar-refractivity contribution in [2.45, 2.75) is 63.4 Å². The summed E-state index contributed by atoms with van der Waals surface area (Å²) in [6.45, 7) is -0.310. The second-order valence-electron chi connectivity index (χ2n) is 18.9. The maximum Gasteiger partial charge on any atom is 0.517 e. The summed E-state index contributed by atoms with van der Waals surface area (Å²) in [5, 5.41) is 58.8. The highest BCUT2D eigenvalue weighted by Crippen LogP contribution is 2.61. The number of ether oxygens (including phenoxy) is 3. The molecule has 6 atom stereocenters. The molecule has 496 valence electrons. The first-order chi connectivity index (χ1) is 41.4. The number of carboxylic acids is 2. The number of nitrogens with two attached hydrogens (primary N) is 1. The summed E-state index contributed by atoms with van der Waals surface area (Å²) in [6.07, 6.45) is -2.84. The summed E-state index contributed by atoms with van der Waals surface area (Å²) < 4.78 is 62.1. The summed E-state index contributed by atoms with van der Waals surface area (Å²) in [7, 11) is -18.1. The molecule has 1 aromatic heterocycles. The molecule has 0 aliphatic carbocycles. The number of aromatic nitrogens is 2. The van der Waals surface area contributed by atoms with Gasteiger partial charge < -0.3 is 116 Å². The van der Waals surface area contributed by atoms with E-state index in [2.05, 4.69) is 62.2 Å². The average Bonchev–Trinajstić information content (AvgIpc) is 3.66. The summed E-state index contributed by atoms with van der Waals surface area (Å²) >= 11 is 0. The van der Waals surface area contributed by atoms with Crippen molar-refractivity contribution < 1.29 is 125 Å². The van der Waals surface area contributed by atoms with Crippen LogP contribution in [0.1, 0.15) is 56.7 Å². The van der Waals surface area contributed by atoms with E-state index in [4.69, 9.17) is 35.1 Å². The second-order valence-corrected chi connectivity index (χ2v) is 23.1. The van der Waals surface area contributed by atoms with Gasteiger partial charge in [-0.15, -0.1) is 5.53 Å². The van der Waals surface area contributed by atoms with Crippen LogP contribution in [0.2, 0.25) is 0 Å². The fourth-order valence-electron chi connectivity index (χ4n) is 7.61. The van der Waals surface area contributed by atoms with Crippen molar-refractivity contribution in [3.8, 4) is 11.8 Å². The zero-order valence-corrected chi connectivity index (χ0v) is 49.8. The molecule has 4 amide bonds. The van der Waals surface area contributed by atoms with Crippen LogP contribution in [-0.2, 0) is 79.4 Å². The number of hydrogen-bond acceptors (Lipinski definition) is 32. The molecule has 43 heteroatoms. The first-order valence-corrected chi connectivity index (χ1v) is 31.0. The number of aliphatic carboxylic acids is 2. The average molecular weight is 1320 g/mol. The Morgan fingerprint density at radius 1 is 0.750 bits per heavy atom. The Balaban J connectivity index is 1.40. The first kappa shape index (κ1) is 75.7. The minimum Gasteiger partial charge on any atom is -0.756 e. The molecule has 0 bridgehead atoms. The molecule has 0 saturated carbocycles. The number of aliphatic hydroxyl groups is 1. The Bertz CT molecular complexity index is 2740. The number of carbonyl (C=O) groups is 8. The Morgan fingerprint density at radius 2 is 1.28 bits per heavy atom.